The number of likely N-dealkylation sites (tertiary alicyclic amines) is 1. The minimum absolute atomic E-state index is 0.0155. The normalized spacial score (nSPS) is 16.2. The number of halogens is 1. The van der Waals surface area contributed by atoms with Crippen LogP contribution in [0.4, 0.5) is 0 Å². The Morgan fingerprint density at radius 1 is 1.29 bits per heavy atom. The topological polar surface area (TPSA) is 63.1 Å². The number of hydrogen-bond acceptors (Lipinski definition) is 4. The molecule has 1 aliphatic rings. The molecule has 3 rings (SSSR count). The predicted molar refractivity (Wildman–Crippen MR) is 92.6 cm³/mol. The molecule has 1 aromatic heterocycles. The molecule has 1 aliphatic heterocycles. The second-order valence-electron chi connectivity index (χ2n) is 5.99. The summed E-state index contributed by atoms with van der Waals surface area (Å²) in [5.74, 6) is 0.0155. The van der Waals surface area contributed by atoms with Gasteiger partial charge in [0.15, 0.2) is 0 Å². The molecule has 128 valence electrons. The Morgan fingerprint density at radius 2 is 2.08 bits per heavy atom. The van der Waals surface area contributed by atoms with Gasteiger partial charge in [0.1, 0.15) is 12.7 Å². The summed E-state index contributed by atoms with van der Waals surface area (Å²) < 4.78 is 1.66. The zero-order valence-corrected chi connectivity index (χ0v) is 14.3. The summed E-state index contributed by atoms with van der Waals surface area (Å²) in [5, 5.41) is 7.81. The minimum atomic E-state index is 0.0155. The zero-order chi connectivity index (χ0) is 16.8. The zero-order valence-electron chi connectivity index (χ0n) is 13.6. The fourth-order valence-electron chi connectivity index (χ4n) is 3.10. The van der Waals surface area contributed by atoms with Gasteiger partial charge in [0.25, 0.3) is 0 Å². The smallest absolute Gasteiger partial charge is 0.221 e. The van der Waals surface area contributed by atoms with Gasteiger partial charge in [0, 0.05) is 18.0 Å². The van der Waals surface area contributed by atoms with Crippen LogP contribution in [0.5, 0.6) is 0 Å². The molecule has 1 unspecified atom stereocenters. The van der Waals surface area contributed by atoms with Crippen LogP contribution < -0.4 is 5.32 Å². The summed E-state index contributed by atoms with van der Waals surface area (Å²) in [4.78, 5) is 18.4. The largest absolute Gasteiger partial charge is 0.354 e. The lowest BCUT2D eigenvalue weighted by Gasteiger charge is -2.29. The van der Waals surface area contributed by atoms with Crippen molar-refractivity contribution in [2.45, 2.75) is 31.8 Å². The number of hydrogen-bond donors (Lipinski definition) is 1. The van der Waals surface area contributed by atoms with Crippen molar-refractivity contribution in [3.05, 3.63) is 47.5 Å². The average molecular weight is 348 g/mol. The molecule has 1 aromatic carbocycles. The molecule has 1 fully saturated rings. The van der Waals surface area contributed by atoms with Gasteiger partial charge < -0.3 is 5.32 Å². The number of aryl methyl sites for hydroxylation is 1. The van der Waals surface area contributed by atoms with Gasteiger partial charge in [-0.1, -0.05) is 29.8 Å². The highest BCUT2D eigenvalue weighted by Crippen LogP contribution is 2.29. The van der Waals surface area contributed by atoms with Crippen molar-refractivity contribution in [3.8, 4) is 0 Å². The second-order valence-corrected chi connectivity index (χ2v) is 6.40. The van der Waals surface area contributed by atoms with Crippen molar-refractivity contribution < 1.29 is 4.79 Å². The fraction of sp³-hybridized carbons (Fsp3) is 0.471. The maximum atomic E-state index is 12.1. The predicted octanol–water partition coefficient (Wildman–Crippen LogP) is 2.27. The van der Waals surface area contributed by atoms with Crippen molar-refractivity contribution in [2.75, 3.05) is 19.6 Å². The summed E-state index contributed by atoms with van der Waals surface area (Å²) in [6.07, 6.45) is 5.86. The van der Waals surface area contributed by atoms with Gasteiger partial charge in [-0.15, -0.1) is 0 Å². The van der Waals surface area contributed by atoms with Crippen molar-refractivity contribution in [2.24, 2.45) is 0 Å². The first-order chi connectivity index (χ1) is 11.7. The van der Waals surface area contributed by atoms with Crippen LogP contribution in [0.1, 0.15) is 30.9 Å². The molecule has 0 bridgehead atoms. The van der Waals surface area contributed by atoms with E-state index in [2.05, 4.69) is 20.3 Å². The molecule has 1 saturated heterocycles. The molecule has 0 aliphatic carbocycles. The lowest BCUT2D eigenvalue weighted by Crippen LogP contribution is -2.37. The first-order valence-corrected chi connectivity index (χ1v) is 8.69. The molecule has 1 atom stereocenters. The van der Waals surface area contributed by atoms with E-state index in [-0.39, 0.29) is 11.9 Å². The van der Waals surface area contributed by atoms with Crippen LogP contribution in [0.2, 0.25) is 5.02 Å². The van der Waals surface area contributed by atoms with Gasteiger partial charge in [-0.3, -0.25) is 14.4 Å². The van der Waals surface area contributed by atoms with E-state index in [1.807, 2.05) is 24.3 Å². The number of aromatic nitrogens is 3. The molecule has 6 nitrogen and oxygen atoms in total. The molecule has 1 amide bonds. The summed E-state index contributed by atoms with van der Waals surface area (Å²) in [7, 11) is 0. The Kier molecular flexibility index (Phi) is 5.82. The number of rotatable bonds is 7. The van der Waals surface area contributed by atoms with Crippen molar-refractivity contribution in [1.29, 1.82) is 0 Å². The molecule has 7 heteroatoms. The Hall–Kier alpha value is -1.92. The molecule has 0 radical (unpaired) electrons. The van der Waals surface area contributed by atoms with Gasteiger partial charge in [-0.25, -0.2) is 4.98 Å². The quantitative estimate of drug-likeness (QED) is 0.834. The molecular formula is C17H22ClN5O. The van der Waals surface area contributed by atoms with Crippen molar-refractivity contribution in [3.63, 3.8) is 0 Å². The van der Waals surface area contributed by atoms with E-state index >= 15 is 0 Å². The van der Waals surface area contributed by atoms with Crippen LogP contribution in [0, 0.1) is 0 Å². The Labute approximate surface area is 146 Å². The average Bonchev–Trinajstić information content (AvgIpc) is 3.28. The highest BCUT2D eigenvalue weighted by Gasteiger charge is 2.25. The van der Waals surface area contributed by atoms with Crippen molar-refractivity contribution >= 4 is 17.5 Å². The second kappa shape index (κ2) is 8.26. The van der Waals surface area contributed by atoms with Gasteiger partial charge in [0.2, 0.25) is 5.91 Å². The van der Waals surface area contributed by atoms with Crippen LogP contribution in [-0.2, 0) is 11.3 Å². The van der Waals surface area contributed by atoms with E-state index in [9.17, 15) is 4.79 Å². The van der Waals surface area contributed by atoms with E-state index in [1.165, 1.54) is 19.2 Å². The third kappa shape index (κ3) is 4.33. The molecular weight excluding hydrogens is 326 g/mol. The third-order valence-corrected chi connectivity index (χ3v) is 4.72. The van der Waals surface area contributed by atoms with E-state index in [0.29, 0.717) is 19.5 Å². The van der Waals surface area contributed by atoms with Gasteiger partial charge in [-0.05, 0) is 37.6 Å². The summed E-state index contributed by atoms with van der Waals surface area (Å²) in [5.41, 5.74) is 1.08. The molecule has 0 spiro atoms. The Balaban J connectivity index is 1.59. The number of amides is 1. The standard InChI is InChI=1S/C17H22ClN5O/c18-15-6-2-1-5-14(15)16(22-8-3-4-9-22)11-20-17(24)7-10-23-13-19-12-21-23/h1-2,5-6,12-13,16H,3-4,7-11H2,(H,20,24). The van der Waals surface area contributed by atoms with Crippen molar-refractivity contribution in [1.82, 2.24) is 25.0 Å². The van der Waals surface area contributed by atoms with E-state index in [1.54, 1.807) is 11.0 Å². The molecule has 1 N–H and O–H groups in total. The number of nitrogens with zero attached hydrogens (tertiary/aromatic N) is 4. The summed E-state index contributed by atoms with van der Waals surface area (Å²) in [6, 6.07) is 8.01. The highest BCUT2D eigenvalue weighted by atomic mass is 35.5. The van der Waals surface area contributed by atoms with Crippen LogP contribution in [0.15, 0.2) is 36.9 Å². The van der Waals surface area contributed by atoms with E-state index in [0.717, 1.165) is 23.7 Å². The maximum absolute atomic E-state index is 12.1. The fourth-order valence-corrected chi connectivity index (χ4v) is 3.36. The lowest BCUT2D eigenvalue weighted by atomic mass is 10.1. The molecule has 24 heavy (non-hydrogen) atoms. The van der Waals surface area contributed by atoms with Crippen LogP contribution in [-0.4, -0.2) is 45.2 Å². The monoisotopic (exact) mass is 347 g/mol. The molecule has 0 saturated carbocycles. The number of nitrogens with one attached hydrogen (secondary N) is 1. The van der Waals surface area contributed by atoms with Gasteiger partial charge in [0.05, 0.1) is 12.6 Å². The SMILES string of the molecule is O=C(CCn1cncn1)NCC(c1ccccc1Cl)N1CCCC1. The van der Waals surface area contributed by atoms with Gasteiger partial charge >= 0.3 is 0 Å². The van der Waals surface area contributed by atoms with Crippen LogP contribution in [0.3, 0.4) is 0 Å². The van der Waals surface area contributed by atoms with E-state index in [4.69, 9.17) is 11.6 Å². The first-order valence-electron chi connectivity index (χ1n) is 8.31. The maximum Gasteiger partial charge on any atom is 0.221 e. The molecule has 2 aromatic rings. The van der Waals surface area contributed by atoms with E-state index < -0.39 is 0 Å². The van der Waals surface area contributed by atoms with Crippen LogP contribution >= 0.6 is 11.6 Å². The minimum Gasteiger partial charge on any atom is -0.354 e. The Morgan fingerprint density at radius 3 is 2.79 bits per heavy atom. The summed E-state index contributed by atoms with van der Waals surface area (Å²) >= 11 is 6.38. The van der Waals surface area contributed by atoms with Gasteiger partial charge in [-0.2, -0.15) is 5.10 Å². The first kappa shape index (κ1) is 16.9. The third-order valence-electron chi connectivity index (χ3n) is 4.37. The number of carbonyl (C=O) groups excluding carboxylic acids is 1. The highest BCUT2D eigenvalue weighted by molar-refractivity contribution is 6.31. The van der Waals surface area contributed by atoms with Crippen LogP contribution in [0.25, 0.3) is 0 Å². The Bertz CT molecular complexity index is 655. The summed E-state index contributed by atoms with van der Waals surface area (Å²) in [6.45, 7) is 3.20. The number of carbonyl (C=O) groups is 1. The molecule has 2 heterocycles. The number of benzene rings is 1. The lowest BCUT2D eigenvalue weighted by molar-refractivity contribution is -0.121.